The van der Waals surface area contributed by atoms with Gasteiger partial charge in [-0.1, -0.05) is 15.9 Å². The Morgan fingerprint density at radius 2 is 2.00 bits per heavy atom. The van der Waals surface area contributed by atoms with Crippen molar-refractivity contribution < 1.29 is 9.90 Å². The lowest BCUT2D eigenvalue weighted by Crippen LogP contribution is -2.26. The number of hydrogen-bond acceptors (Lipinski definition) is 3. The van der Waals surface area contributed by atoms with Crippen LogP contribution < -0.4 is 5.32 Å². The Labute approximate surface area is 132 Å². The Kier molecular flexibility index (Phi) is 5.14. The number of aliphatic hydroxyl groups is 1. The number of nitrogens with zero attached hydrogens (tertiary/aromatic N) is 2. The van der Waals surface area contributed by atoms with E-state index in [0.29, 0.717) is 24.2 Å². The summed E-state index contributed by atoms with van der Waals surface area (Å²) in [7, 11) is 0. The lowest BCUT2D eigenvalue weighted by molar-refractivity contribution is 0.0950. The van der Waals surface area contributed by atoms with Crippen molar-refractivity contribution in [1.82, 2.24) is 15.1 Å². The van der Waals surface area contributed by atoms with E-state index in [9.17, 15) is 4.79 Å². The van der Waals surface area contributed by atoms with E-state index in [4.69, 9.17) is 5.11 Å². The van der Waals surface area contributed by atoms with Crippen molar-refractivity contribution in [3.8, 4) is 5.69 Å². The zero-order chi connectivity index (χ0) is 15.4. The summed E-state index contributed by atoms with van der Waals surface area (Å²) in [4.78, 5) is 12.2. The van der Waals surface area contributed by atoms with Crippen LogP contribution in [0.3, 0.4) is 0 Å². The van der Waals surface area contributed by atoms with Gasteiger partial charge >= 0.3 is 0 Å². The average molecular weight is 352 g/mol. The first-order valence-electron chi connectivity index (χ1n) is 6.76. The fourth-order valence-corrected chi connectivity index (χ4v) is 2.44. The summed E-state index contributed by atoms with van der Waals surface area (Å²) in [6.07, 6.45) is 0.546. The smallest absolute Gasteiger partial charge is 0.255 e. The third-order valence-corrected chi connectivity index (χ3v) is 3.74. The zero-order valence-corrected chi connectivity index (χ0v) is 13.6. The molecule has 1 aromatic heterocycles. The van der Waals surface area contributed by atoms with Crippen LogP contribution in [0.2, 0.25) is 0 Å². The number of aryl methyl sites for hydroxylation is 1. The first-order chi connectivity index (χ1) is 10.0. The van der Waals surface area contributed by atoms with Crippen LogP contribution in [0, 0.1) is 13.8 Å². The van der Waals surface area contributed by atoms with Gasteiger partial charge in [0.15, 0.2) is 0 Å². The summed E-state index contributed by atoms with van der Waals surface area (Å²) < 4.78 is 2.76. The Morgan fingerprint density at radius 3 is 2.62 bits per heavy atom. The molecule has 2 N–H and O–H groups in total. The summed E-state index contributed by atoms with van der Waals surface area (Å²) in [6, 6.07) is 7.76. The van der Waals surface area contributed by atoms with Crippen LogP contribution in [0.25, 0.3) is 5.69 Å². The van der Waals surface area contributed by atoms with E-state index in [-0.39, 0.29) is 12.5 Å². The van der Waals surface area contributed by atoms with Crippen LogP contribution in [0.5, 0.6) is 0 Å². The fraction of sp³-hybridized carbons (Fsp3) is 0.333. The minimum atomic E-state index is -0.151. The van der Waals surface area contributed by atoms with E-state index in [1.165, 1.54) is 0 Å². The fourth-order valence-electron chi connectivity index (χ4n) is 2.17. The molecule has 0 spiro atoms. The Hall–Kier alpha value is -1.66. The van der Waals surface area contributed by atoms with Gasteiger partial charge in [0.05, 0.1) is 22.6 Å². The molecule has 0 unspecified atom stereocenters. The molecule has 0 aliphatic carbocycles. The SMILES string of the molecule is Cc1nn(-c2ccc(Br)cc2)c(C)c1C(=O)NCCCO. The maximum absolute atomic E-state index is 12.2. The first-order valence-corrected chi connectivity index (χ1v) is 7.55. The molecule has 5 nitrogen and oxygen atoms in total. The second kappa shape index (κ2) is 6.87. The molecule has 0 atom stereocenters. The lowest BCUT2D eigenvalue weighted by Gasteiger charge is -2.06. The van der Waals surface area contributed by atoms with Gasteiger partial charge in [-0.25, -0.2) is 4.68 Å². The summed E-state index contributed by atoms with van der Waals surface area (Å²) in [5.74, 6) is -0.151. The van der Waals surface area contributed by atoms with Gasteiger partial charge in [-0.15, -0.1) is 0 Å². The highest BCUT2D eigenvalue weighted by Gasteiger charge is 2.18. The summed E-state index contributed by atoms with van der Waals surface area (Å²) in [5, 5.41) is 16.0. The van der Waals surface area contributed by atoms with Gasteiger partial charge in [-0.05, 0) is 44.5 Å². The van der Waals surface area contributed by atoms with Gasteiger partial charge in [0.25, 0.3) is 5.91 Å². The van der Waals surface area contributed by atoms with Crippen LogP contribution in [0.15, 0.2) is 28.7 Å². The van der Waals surface area contributed by atoms with E-state index < -0.39 is 0 Å². The average Bonchev–Trinajstić information content (AvgIpc) is 2.75. The molecular weight excluding hydrogens is 334 g/mol. The normalized spacial score (nSPS) is 10.7. The molecule has 21 heavy (non-hydrogen) atoms. The lowest BCUT2D eigenvalue weighted by atomic mass is 10.2. The van der Waals surface area contributed by atoms with Crippen molar-refractivity contribution in [3.63, 3.8) is 0 Å². The van der Waals surface area contributed by atoms with Crippen molar-refractivity contribution in [1.29, 1.82) is 0 Å². The zero-order valence-electron chi connectivity index (χ0n) is 12.1. The van der Waals surface area contributed by atoms with Crippen molar-refractivity contribution in [3.05, 3.63) is 45.7 Å². The number of rotatable bonds is 5. The van der Waals surface area contributed by atoms with Crippen LogP contribution in [-0.2, 0) is 0 Å². The van der Waals surface area contributed by atoms with Gasteiger partial charge in [-0.2, -0.15) is 5.10 Å². The molecule has 0 aliphatic heterocycles. The first kappa shape index (κ1) is 15.7. The molecule has 1 amide bonds. The summed E-state index contributed by atoms with van der Waals surface area (Å²) >= 11 is 3.40. The third kappa shape index (κ3) is 3.51. The molecule has 0 bridgehead atoms. The van der Waals surface area contributed by atoms with Crippen molar-refractivity contribution in [2.75, 3.05) is 13.2 Å². The van der Waals surface area contributed by atoms with Crippen molar-refractivity contribution >= 4 is 21.8 Å². The number of carbonyl (C=O) groups excluding carboxylic acids is 1. The van der Waals surface area contributed by atoms with Crippen LogP contribution in [0.4, 0.5) is 0 Å². The monoisotopic (exact) mass is 351 g/mol. The van der Waals surface area contributed by atoms with E-state index in [0.717, 1.165) is 15.9 Å². The molecule has 0 saturated carbocycles. The minimum absolute atomic E-state index is 0.0659. The minimum Gasteiger partial charge on any atom is -0.396 e. The maximum atomic E-state index is 12.2. The molecule has 0 radical (unpaired) electrons. The van der Waals surface area contributed by atoms with Crippen molar-refractivity contribution in [2.24, 2.45) is 0 Å². The topological polar surface area (TPSA) is 67.2 Å². The molecule has 0 aliphatic rings. The Morgan fingerprint density at radius 1 is 1.33 bits per heavy atom. The summed E-state index contributed by atoms with van der Waals surface area (Å²) in [5.41, 5.74) is 3.00. The van der Waals surface area contributed by atoms with Gasteiger partial charge in [-0.3, -0.25) is 4.79 Å². The summed E-state index contributed by atoms with van der Waals surface area (Å²) in [6.45, 7) is 4.22. The predicted molar refractivity (Wildman–Crippen MR) is 84.8 cm³/mol. The van der Waals surface area contributed by atoms with Gasteiger partial charge in [0, 0.05) is 17.6 Å². The van der Waals surface area contributed by atoms with Crippen LogP contribution >= 0.6 is 15.9 Å². The second-order valence-electron chi connectivity index (χ2n) is 4.77. The van der Waals surface area contributed by atoms with Crippen molar-refractivity contribution in [2.45, 2.75) is 20.3 Å². The third-order valence-electron chi connectivity index (χ3n) is 3.21. The standard InChI is InChI=1S/C15H18BrN3O2/c1-10-14(15(21)17-8-3-9-20)11(2)19(18-10)13-6-4-12(16)5-7-13/h4-7,20H,3,8-9H2,1-2H3,(H,17,21). The number of benzene rings is 1. The molecule has 1 heterocycles. The molecule has 0 saturated heterocycles. The van der Waals surface area contributed by atoms with E-state index in [1.54, 1.807) is 4.68 Å². The highest BCUT2D eigenvalue weighted by Crippen LogP contribution is 2.19. The highest BCUT2D eigenvalue weighted by atomic mass is 79.9. The predicted octanol–water partition coefficient (Wildman–Crippen LogP) is 2.36. The molecule has 6 heteroatoms. The number of halogens is 1. The Balaban J connectivity index is 2.29. The molecular formula is C15H18BrN3O2. The highest BCUT2D eigenvalue weighted by molar-refractivity contribution is 9.10. The molecule has 1 aromatic carbocycles. The van der Waals surface area contributed by atoms with Crippen LogP contribution in [0.1, 0.15) is 28.2 Å². The second-order valence-corrected chi connectivity index (χ2v) is 5.68. The number of aliphatic hydroxyl groups excluding tert-OH is 1. The number of carbonyl (C=O) groups is 1. The largest absolute Gasteiger partial charge is 0.396 e. The maximum Gasteiger partial charge on any atom is 0.255 e. The number of nitrogens with one attached hydrogen (secondary N) is 1. The van der Waals surface area contributed by atoms with Gasteiger partial charge < -0.3 is 10.4 Å². The Bertz CT molecular complexity index is 635. The molecule has 0 fully saturated rings. The van der Waals surface area contributed by atoms with E-state index >= 15 is 0 Å². The number of amides is 1. The quantitative estimate of drug-likeness (QED) is 0.812. The van der Waals surface area contributed by atoms with E-state index in [2.05, 4.69) is 26.3 Å². The number of aromatic nitrogens is 2. The number of hydrogen-bond donors (Lipinski definition) is 2. The van der Waals surface area contributed by atoms with Crippen LogP contribution in [-0.4, -0.2) is 33.9 Å². The molecule has 112 valence electrons. The van der Waals surface area contributed by atoms with Gasteiger partial charge in [0.1, 0.15) is 0 Å². The van der Waals surface area contributed by atoms with E-state index in [1.807, 2.05) is 38.1 Å². The van der Waals surface area contributed by atoms with Gasteiger partial charge in [0.2, 0.25) is 0 Å². The molecule has 2 rings (SSSR count). The molecule has 2 aromatic rings.